The predicted molar refractivity (Wildman–Crippen MR) is 123 cm³/mol. The van der Waals surface area contributed by atoms with Crippen molar-refractivity contribution in [2.75, 3.05) is 13.2 Å². The number of ether oxygens (including phenoxy) is 1. The van der Waals surface area contributed by atoms with E-state index in [1.54, 1.807) is 10.8 Å². The second-order valence-corrected chi connectivity index (χ2v) is 8.83. The molecule has 0 bridgehead atoms. The summed E-state index contributed by atoms with van der Waals surface area (Å²) in [5.74, 6) is 0.0618. The lowest BCUT2D eigenvalue weighted by Crippen LogP contribution is -2.34. The first-order valence-corrected chi connectivity index (χ1v) is 11.5. The van der Waals surface area contributed by atoms with Gasteiger partial charge >= 0.3 is 5.69 Å². The van der Waals surface area contributed by atoms with Gasteiger partial charge in [0.25, 0.3) is 0 Å². The second-order valence-electron chi connectivity index (χ2n) is 8.83. The molecule has 2 aromatic heterocycles. The number of hydrogen-bond acceptors (Lipinski definition) is 5. The summed E-state index contributed by atoms with van der Waals surface area (Å²) in [7, 11) is 0. The Bertz CT molecular complexity index is 1110. The summed E-state index contributed by atoms with van der Waals surface area (Å²) >= 11 is 0. The number of nitrogens with zero attached hydrogens (tertiary/aromatic N) is 3. The standard InChI is InChI=1S/C25H30N4O3/c30-24-17-28(25(31)29(24)22-4-2-5-22)16-18-7-9-19(10-8-18)23-6-1-3-21(27-23)15-26-20-11-13-32-14-12-20/h1,3,6-10,17,20,22,26,30H,2,4-5,11-16H2. The molecule has 2 aliphatic rings. The largest absolute Gasteiger partial charge is 0.493 e. The van der Waals surface area contributed by atoms with E-state index in [2.05, 4.69) is 11.4 Å². The predicted octanol–water partition coefficient (Wildman–Crippen LogP) is 3.46. The SMILES string of the molecule is O=c1n(Cc2ccc(-c3cccc(CNC4CCOCC4)n3)cc2)cc(O)n1C1CCC1. The number of nitrogens with one attached hydrogen (secondary N) is 1. The van der Waals surface area contributed by atoms with Crippen molar-refractivity contribution in [3.05, 3.63) is 70.4 Å². The van der Waals surface area contributed by atoms with Crippen LogP contribution in [0, 0.1) is 0 Å². The number of aromatic nitrogens is 3. The molecule has 0 spiro atoms. The van der Waals surface area contributed by atoms with E-state index in [1.807, 2.05) is 36.4 Å². The Morgan fingerprint density at radius 3 is 2.56 bits per heavy atom. The number of pyridine rings is 1. The highest BCUT2D eigenvalue weighted by Crippen LogP contribution is 2.33. The maximum absolute atomic E-state index is 12.7. The van der Waals surface area contributed by atoms with E-state index in [1.165, 1.54) is 4.57 Å². The number of aromatic hydroxyl groups is 1. The minimum atomic E-state index is -0.136. The Balaban J connectivity index is 1.25. The Morgan fingerprint density at radius 2 is 1.84 bits per heavy atom. The molecule has 7 nitrogen and oxygen atoms in total. The summed E-state index contributed by atoms with van der Waals surface area (Å²) < 4.78 is 8.54. The second kappa shape index (κ2) is 9.30. The quantitative estimate of drug-likeness (QED) is 0.595. The smallest absolute Gasteiger partial charge is 0.331 e. The summed E-state index contributed by atoms with van der Waals surface area (Å²) in [6, 6.07) is 14.9. The zero-order valence-electron chi connectivity index (χ0n) is 18.2. The normalized spacial score (nSPS) is 17.4. The molecule has 0 atom stereocenters. The minimum Gasteiger partial charge on any atom is -0.493 e. The van der Waals surface area contributed by atoms with Crippen LogP contribution in [0.2, 0.25) is 0 Å². The first-order chi connectivity index (χ1) is 15.7. The van der Waals surface area contributed by atoms with Crippen molar-refractivity contribution in [1.29, 1.82) is 0 Å². The van der Waals surface area contributed by atoms with Crippen LogP contribution in [-0.2, 0) is 17.8 Å². The number of hydrogen-bond donors (Lipinski definition) is 2. The lowest BCUT2D eigenvalue weighted by molar-refractivity contribution is 0.0775. The van der Waals surface area contributed by atoms with Gasteiger partial charge in [-0.05, 0) is 49.8 Å². The molecule has 1 saturated carbocycles. The number of imidazole rings is 1. The van der Waals surface area contributed by atoms with Gasteiger partial charge in [-0.2, -0.15) is 0 Å². The number of benzene rings is 1. The van der Waals surface area contributed by atoms with Gasteiger partial charge in [0.05, 0.1) is 24.1 Å². The molecule has 2 fully saturated rings. The molecule has 2 N–H and O–H groups in total. The van der Waals surface area contributed by atoms with Crippen molar-refractivity contribution >= 4 is 0 Å². The molecular weight excluding hydrogens is 404 g/mol. The maximum Gasteiger partial charge on any atom is 0.331 e. The van der Waals surface area contributed by atoms with Crippen LogP contribution in [-0.4, -0.2) is 38.5 Å². The highest BCUT2D eigenvalue weighted by molar-refractivity contribution is 5.59. The van der Waals surface area contributed by atoms with Crippen LogP contribution in [0.3, 0.4) is 0 Å². The van der Waals surface area contributed by atoms with E-state index in [4.69, 9.17) is 9.72 Å². The molecule has 32 heavy (non-hydrogen) atoms. The van der Waals surface area contributed by atoms with Crippen molar-refractivity contribution in [3.63, 3.8) is 0 Å². The highest BCUT2D eigenvalue weighted by atomic mass is 16.5. The molecule has 7 heteroatoms. The molecule has 1 aliphatic heterocycles. The van der Waals surface area contributed by atoms with Crippen LogP contribution in [0.5, 0.6) is 5.88 Å². The molecular formula is C25H30N4O3. The van der Waals surface area contributed by atoms with Crippen LogP contribution in [0.4, 0.5) is 0 Å². The third-order valence-electron chi connectivity index (χ3n) is 6.61. The molecule has 168 valence electrons. The van der Waals surface area contributed by atoms with E-state index >= 15 is 0 Å². The van der Waals surface area contributed by atoms with Crippen molar-refractivity contribution in [2.24, 2.45) is 0 Å². The van der Waals surface area contributed by atoms with Gasteiger partial charge in [0.15, 0.2) is 0 Å². The van der Waals surface area contributed by atoms with Gasteiger partial charge in [-0.3, -0.25) is 14.1 Å². The topological polar surface area (TPSA) is 81.3 Å². The summed E-state index contributed by atoms with van der Waals surface area (Å²) in [6.07, 6.45) is 6.68. The fourth-order valence-corrected chi connectivity index (χ4v) is 4.46. The molecule has 1 aromatic carbocycles. The minimum absolute atomic E-state index is 0.0618. The Kier molecular flexibility index (Phi) is 6.10. The van der Waals surface area contributed by atoms with Crippen molar-refractivity contribution < 1.29 is 9.84 Å². The van der Waals surface area contributed by atoms with Gasteiger partial charge in [0, 0.05) is 37.4 Å². The zero-order valence-corrected chi connectivity index (χ0v) is 18.2. The monoisotopic (exact) mass is 434 g/mol. The molecule has 0 unspecified atom stereocenters. The van der Waals surface area contributed by atoms with Crippen molar-refractivity contribution in [1.82, 2.24) is 19.4 Å². The van der Waals surface area contributed by atoms with Crippen LogP contribution in [0.1, 0.15) is 49.4 Å². The zero-order chi connectivity index (χ0) is 21.9. The highest BCUT2D eigenvalue weighted by Gasteiger charge is 2.25. The molecule has 1 saturated heterocycles. The van der Waals surface area contributed by atoms with E-state index in [9.17, 15) is 9.90 Å². The fraction of sp³-hybridized carbons (Fsp3) is 0.440. The average molecular weight is 435 g/mol. The Hall–Kier alpha value is -2.90. The first kappa shape index (κ1) is 21.0. The lowest BCUT2D eigenvalue weighted by atomic mass is 9.93. The van der Waals surface area contributed by atoms with Crippen LogP contribution < -0.4 is 11.0 Å². The van der Waals surface area contributed by atoms with E-state index in [0.29, 0.717) is 12.6 Å². The van der Waals surface area contributed by atoms with E-state index in [0.717, 1.165) is 74.4 Å². The average Bonchev–Trinajstić information content (AvgIpc) is 3.06. The molecule has 0 amide bonds. The molecule has 0 radical (unpaired) electrons. The van der Waals surface area contributed by atoms with E-state index in [-0.39, 0.29) is 17.6 Å². The lowest BCUT2D eigenvalue weighted by Gasteiger charge is -2.26. The third kappa shape index (κ3) is 4.49. The summed E-state index contributed by atoms with van der Waals surface area (Å²) in [5.41, 5.74) is 3.89. The van der Waals surface area contributed by atoms with Crippen LogP contribution in [0.15, 0.2) is 53.5 Å². The van der Waals surface area contributed by atoms with Gasteiger partial charge < -0.3 is 15.2 Å². The first-order valence-electron chi connectivity index (χ1n) is 11.5. The van der Waals surface area contributed by atoms with Crippen molar-refractivity contribution in [2.45, 2.75) is 57.3 Å². The van der Waals surface area contributed by atoms with E-state index < -0.39 is 0 Å². The Morgan fingerprint density at radius 1 is 1.06 bits per heavy atom. The van der Waals surface area contributed by atoms with Gasteiger partial charge in [0.1, 0.15) is 0 Å². The summed E-state index contributed by atoms with van der Waals surface area (Å²) in [5, 5.41) is 13.8. The van der Waals surface area contributed by atoms with Crippen LogP contribution >= 0.6 is 0 Å². The Labute approximate surface area is 187 Å². The van der Waals surface area contributed by atoms with Gasteiger partial charge in [-0.15, -0.1) is 0 Å². The molecule has 5 rings (SSSR count). The fourth-order valence-electron chi connectivity index (χ4n) is 4.46. The van der Waals surface area contributed by atoms with Gasteiger partial charge in [0.2, 0.25) is 5.88 Å². The summed E-state index contributed by atoms with van der Waals surface area (Å²) in [6.45, 7) is 2.85. The van der Waals surface area contributed by atoms with Crippen LogP contribution in [0.25, 0.3) is 11.3 Å². The maximum atomic E-state index is 12.7. The summed E-state index contributed by atoms with van der Waals surface area (Å²) in [4.78, 5) is 17.5. The number of rotatable bonds is 7. The van der Waals surface area contributed by atoms with Crippen molar-refractivity contribution in [3.8, 4) is 17.1 Å². The van der Waals surface area contributed by atoms with Gasteiger partial charge in [-0.1, -0.05) is 30.3 Å². The van der Waals surface area contributed by atoms with Gasteiger partial charge in [-0.25, -0.2) is 4.79 Å². The molecule has 3 aromatic rings. The third-order valence-corrected chi connectivity index (χ3v) is 6.61. The molecule has 3 heterocycles. The molecule has 1 aliphatic carbocycles.